The fourth-order valence-corrected chi connectivity index (χ4v) is 3.84. The van der Waals surface area contributed by atoms with Crippen molar-refractivity contribution in [2.75, 3.05) is 7.11 Å². The summed E-state index contributed by atoms with van der Waals surface area (Å²) >= 11 is 0. The molecule has 0 radical (unpaired) electrons. The highest BCUT2D eigenvalue weighted by molar-refractivity contribution is 5.29. The summed E-state index contributed by atoms with van der Waals surface area (Å²) in [4.78, 5) is 4.17. The van der Waals surface area contributed by atoms with Crippen LogP contribution in [0.3, 0.4) is 0 Å². The van der Waals surface area contributed by atoms with E-state index < -0.39 is 5.60 Å². The maximum absolute atomic E-state index is 10.2. The molecule has 0 spiro atoms. The zero-order valence-electron chi connectivity index (χ0n) is 14.9. The highest BCUT2D eigenvalue weighted by Crippen LogP contribution is 2.40. The molecule has 4 nitrogen and oxygen atoms in total. The third-order valence-corrected chi connectivity index (χ3v) is 5.33. The Kier molecular flexibility index (Phi) is 5.07. The Morgan fingerprint density at radius 2 is 2.00 bits per heavy atom. The van der Waals surface area contributed by atoms with E-state index in [1.807, 2.05) is 39.7 Å². The first kappa shape index (κ1) is 17.2. The Morgan fingerprint density at radius 1 is 1.25 bits per heavy atom. The van der Waals surface area contributed by atoms with Crippen molar-refractivity contribution in [1.82, 2.24) is 9.55 Å². The molecule has 3 atom stereocenters. The van der Waals surface area contributed by atoms with E-state index in [0.29, 0.717) is 17.9 Å². The maximum atomic E-state index is 10.2. The summed E-state index contributed by atoms with van der Waals surface area (Å²) in [6, 6.07) is 8.47. The van der Waals surface area contributed by atoms with Crippen LogP contribution in [0.25, 0.3) is 0 Å². The van der Waals surface area contributed by atoms with Crippen LogP contribution in [0.2, 0.25) is 0 Å². The van der Waals surface area contributed by atoms with Crippen molar-refractivity contribution < 1.29 is 9.84 Å². The molecule has 1 fully saturated rings. The molecule has 4 heteroatoms. The minimum absolute atomic E-state index is 0.336. The van der Waals surface area contributed by atoms with Gasteiger partial charge in [-0.3, -0.25) is 0 Å². The first-order chi connectivity index (χ1) is 11.5. The highest BCUT2D eigenvalue weighted by Gasteiger charge is 2.32. The minimum Gasteiger partial charge on any atom is -0.386 e. The lowest BCUT2D eigenvalue weighted by molar-refractivity contribution is 0.0432. The van der Waals surface area contributed by atoms with Gasteiger partial charge in [-0.25, -0.2) is 4.98 Å². The van der Waals surface area contributed by atoms with Crippen molar-refractivity contribution in [2.45, 2.75) is 57.3 Å². The summed E-state index contributed by atoms with van der Waals surface area (Å²) in [5.41, 5.74) is 1.50. The third kappa shape index (κ3) is 3.87. The highest BCUT2D eigenvalue weighted by atomic mass is 16.5. The normalized spacial score (nSPS) is 24.9. The molecule has 1 aromatic carbocycles. The summed E-state index contributed by atoms with van der Waals surface area (Å²) in [7, 11) is 1.81. The predicted molar refractivity (Wildman–Crippen MR) is 94.8 cm³/mol. The second-order valence-electron chi connectivity index (χ2n) is 7.48. The molecule has 3 rings (SSSR count). The van der Waals surface area contributed by atoms with Crippen LogP contribution in [0.15, 0.2) is 43.0 Å². The molecule has 0 aliphatic heterocycles. The zero-order valence-corrected chi connectivity index (χ0v) is 14.9. The molecule has 0 amide bonds. The molecule has 1 N–H and O–H groups in total. The number of aromatic nitrogens is 2. The quantitative estimate of drug-likeness (QED) is 0.910. The number of methoxy groups -OCH3 is 1. The van der Waals surface area contributed by atoms with Crippen LogP contribution in [0.5, 0.6) is 0 Å². The molecule has 2 aromatic rings. The Labute approximate surface area is 144 Å². The van der Waals surface area contributed by atoms with Gasteiger partial charge in [0.1, 0.15) is 0 Å². The van der Waals surface area contributed by atoms with E-state index in [2.05, 4.69) is 33.8 Å². The fourth-order valence-electron chi connectivity index (χ4n) is 3.84. The van der Waals surface area contributed by atoms with Gasteiger partial charge in [-0.15, -0.1) is 0 Å². The standard InChI is InChI=1S/C20H28N2O2/c1-20(2,23)17-7-4-15(5-8-17)19-12-18(24-3)9-6-16(19)13-22-11-10-21-14-22/h4-5,7-8,10-11,14,16,18-19,23H,6,9,12-13H2,1-3H3/t16-,18+,19?/m0/s1. The summed E-state index contributed by atoms with van der Waals surface area (Å²) < 4.78 is 7.82. The third-order valence-electron chi connectivity index (χ3n) is 5.33. The largest absolute Gasteiger partial charge is 0.386 e. The second-order valence-corrected chi connectivity index (χ2v) is 7.48. The lowest BCUT2D eigenvalue weighted by atomic mass is 9.74. The Morgan fingerprint density at radius 3 is 2.58 bits per heavy atom. The van der Waals surface area contributed by atoms with Gasteiger partial charge in [0, 0.05) is 26.0 Å². The smallest absolute Gasteiger partial charge is 0.0946 e. The molecule has 1 aliphatic rings. The molecule has 0 bridgehead atoms. The number of ether oxygens (including phenoxy) is 1. The van der Waals surface area contributed by atoms with E-state index >= 15 is 0 Å². The van der Waals surface area contributed by atoms with Crippen molar-refractivity contribution in [3.63, 3.8) is 0 Å². The number of aliphatic hydroxyl groups is 1. The van der Waals surface area contributed by atoms with Crippen LogP contribution in [0, 0.1) is 5.92 Å². The molecular weight excluding hydrogens is 300 g/mol. The first-order valence-electron chi connectivity index (χ1n) is 8.78. The Balaban J connectivity index is 1.82. The average molecular weight is 328 g/mol. The molecule has 130 valence electrons. The topological polar surface area (TPSA) is 47.3 Å². The van der Waals surface area contributed by atoms with E-state index in [1.54, 1.807) is 0 Å². The van der Waals surface area contributed by atoms with Crippen LogP contribution in [-0.4, -0.2) is 27.9 Å². The number of nitrogens with zero attached hydrogens (tertiary/aromatic N) is 2. The lowest BCUT2D eigenvalue weighted by Crippen LogP contribution is -2.30. The molecule has 1 aliphatic carbocycles. The monoisotopic (exact) mass is 328 g/mol. The van der Waals surface area contributed by atoms with Gasteiger partial charge in [-0.1, -0.05) is 24.3 Å². The predicted octanol–water partition coefficient (Wildman–Crippen LogP) is 3.71. The van der Waals surface area contributed by atoms with Crippen molar-refractivity contribution in [2.24, 2.45) is 5.92 Å². The number of benzene rings is 1. The van der Waals surface area contributed by atoms with Gasteiger partial charge in [0.25, 0.3) is 0 Å². The second kappa shape index (κ2) is 7.08. The number of hydrogen-bond donors (Lipinski definition) is 1. The van der Waals surface area contributed by atoms with Gasteiger partial charge in [-0.05, 0) is 56.1 Å². The van der Waals surface area contributed by atoms with Crippen LogP contribution < -0.4 is 0 Å². The van der Waals surface area contributed by atoms with Crippen molar-refractivity contribution in [1.29, 1.82) is 0 Å². The Hall–Kier alpha value is -1.65. The molecule has 1 saturated carbocycles. The minimum atomic E-state index is -0.795. The lowest BCUT2D eigenvalue weighted by Gasteiger charge is -2.36. The van der Waals surface area contributed by atoms with E-state index in [9.17, 15) is 5.11 Å². The summed E-state index contributed by atoms with van der Waals surface area (Å²) in [5.74, 6) is 1.06. The summed E-state index contributed by atoms with van der Waals surface area (Å²) in [5, 5.41) is 10.2. The first-order valence-corrected chi connectivity index (χ1v) is 8.78. The van der Waals surface area contributed by atoms with Crippen molar-refractivity contribution in [3.8, 4) is 0 Å². The molecule has 1 unspecified atom stereocenters. The van der Waals surface area contributed by atoms with Gasteiger partial charge in [0.15, 0.2) is 0 Å². The van der Waals surface area contributed by atoms with E-state index in [-0.39, 0.29) is 0 Å². The summed E-state index contributed by atoms with van der Waals surface area (Å²) in [6.07, 6.45) is 9.45. The SMILES string of the molecule is CO[C@@H]1CC[C@@H](Cn2ccnc2)C(c2ccc(C(C)(C)O)cc2)C1. The Bertz CT molecular complexity index is 629. The van der Waals surface area contributed by atoms with Crippen LogP contribution in [0.4, 0.5) is 0 Å². The molecule has 24 heavy (non-hydrogen) atoms. The van der Waals surface area contributed by atoms with E-state index in [1.165, 1.54) is 5.56 Å². The van der Waals surface area contributed by atoms with Gasteiger partial charge >= 0.3 is 0 Å². The van der Waals surface area contributed by atoms with Gasteiger partial charge < -0.3 is 14.4 Å². The van der Waals surface area contributed by atoms with Crippen LogP contribution in [-0.2, 0) is 16.9 Å². The van der Waals surface area contributed by atoms with Crippen LogP contribution >= 0.6 is 0 Å². The number of hydrogen-bond acceptors (Lipinski definition) is 3. The maximum Gasteiger partial charge on any atom is 0.0946 e. The molecule has 1 heterocycles. The van der Waals surface area contributed by atoms with E-state index in [4.69, 9.17) is 4.74 Å². The zero-order chi connectivity index (χ0) is 17.2. The number of rotatable bonds is 5. The van der Waals surface area contributed by atoms with Crippen molar-refractivity contribution in [3.05, 3.63) is 54.1 Å². The van der Waals surface area contributed by atoms with Crippen molar-refractivity contribution >= 4 is 0 Å². The molecular formula is C20H28N2O2. The molecule has 0 saturated heterocycles. The summed E-state index contributed by atoms with van der Waals surface area (Å²) in [6.45, 7) is 4.64. The molecule has 1 aromatic heterocycles. The fraction of sp³-hybridized carbons (Fsp3) is 0.550. The van der Waals surface area contributed by atoms with Gasteiger partial charge in [-0.2, -0.15) is 0 Å². The van der Waals surface area contributed by atoms with Gasteiger partial charge in [0.05, 0.1) is 18.0 Å². The van der Waals surface area contributed by atoms with E-state index in [0.717, 1.165) is 31.4 Å². The van der Waals surface area contributed by atoms with Crippen LogP contribution in [0.1, 0.15) is 50.2 Å². The van der Waals surface area contributed by atoms with Gasteiger partial charge in [0.2, 0.25) is 0 Å². The average Bonchev–Trinajstić information content (AvgIpc) is 3.07. The number of imidazole rings is 1.